The first-order chi connectivity index (χ1) is 6.86. The SMILES string of the molecule is CCCc1cc(Cl)c(O)c(C(C)(C)C)c1. The van der Waals surface area contributed by atoms with Crippen LogP contribution in [-0.2, 0) is 11.8 Å². The zero-order valence-electron chi connectivity index (χ0n) is 9.89. The van der Waals surface area contributed by atoms with E-state index in [1.54, 1.807) is 0 Å². The monoisotopic (exact) mass is 226 g/mol. The molecule has 0 fully saturated rings. The molecule has 0 bridgehead atoms. The Morgan fingerprint density at radius 1 is 1.27 bits per heavy atom. The molecule has 0 spiro atoms. The van der Waals surface area contributed by atoms with Crippen molar-refractivity contribution in [1.29, 1.82) is 0 Å². The maximum absolute atomic E-state index is 9.89. The smallest absolute Gasteiger partial charge is 0.137 e. The summed E-state index contributed by atoms with van der Waals surface area (Å²) in [6, 6.07) is 3.92. The largest absolute Gasteiger partial charge is 0.506 e. The van der Waals surface area contributed by atoms with E-state index < -0.39 is 0 Å². The van der Waals surface area contributed by atoms with Crippen LogP contribution in [0.25, 0.3) is 0 Å². The summed E-state index contributed by atoms with van der Waals surface area (Å²) < 4.78 is 0. The van der Waals surface area contributed by atoms with Gasteiger partial charge in [-0.2, -0.15) is 0 Å². The Hall–Kier alpha value is -0.690. The lowest BCUT2D eigenvalue weighted by atomic mass is 9.85. The predicted molar refractivity (Wildman–Crippen MR) is 65.8 cm³/mol. The van der Waals surface area contributed by atoms with Crippen LogP contribution < -0.4 is 0 Å². The molecule has 0 heterocycles. The molecule has 0 aromatic heterocycles. The van der Waals surface area contributed by atoms with E-state index in [9.17, 15) is 5.11 Å². The number of benzene rings is 1. The standard InChI is InChI=1S/C13H19ClO/c1-5-6-9-7-10(13(2,3)4)12(15)11(14)8-9/h7-8,15H,5-6H2,1-4H3. The summed E-state index contributed by atoms with van der Waals surface area (Å²) in [5.74, 6) is 0.226. The fourth-order valence-corrected chi connectivity index (χ4v) is 1.90. The van der Waals surface area contributed by atoms with E-state index in [1.165, 1.54) is 5.56 Å². The minimum Gasteiger partial charge on any atom is -0.506 e. The molecule has 0 aliphatic rings. The Balaban J connectivity index is 3.25. The zero-order valence-corrected chi connectivity index (χ0v) is 10.7. The lowest BCUT2D eigenvalue weighted by molar-refractivity contribution is 0.446. The average molecular weight is 227 g/mol. The van der Waals surface area contributed by atoms with Crippen molar-refractivity contribution in [1.82, 2.24) is 0 Å². The van der Waals surface area contributed by atoms with Gasteiger partial charge in [0.15, 0.2) is 0 Å². The van der Waals surface area contributed by atoms with Crippen LogP contribution >= 0.6 is 11.6 Å². The van der Waals surface area contributed by atoms with E-state index >= 15 is 0 Å². The molecule has 0 radical (unpaired) electrons. The van der Waals surface area contributed by atoms with Crippen LogP contribution in [0.5, 0.6) is 5.75 Å². The number of phenolic OH excluding ortho intramolecular Hbond substituents is 1. The van der Waals surface area contributed by atoms with Gasteiger partial charge in [0, 0.05) is 5.56 Å². The van der Waals surface area contributed by atoms with Gasteiger partial charge in [0.25, 0.3) is 0 Å². The summed E-state index contributed by atoms with van der Waals surface area (Å²) in [6.45, 7) is 8.37. The second-order valence-corrected chi connectivity index (χ2v) is 5.38. The number of halogens is 1. The fourth-order valence-electron chi connectivity index (χ4n) is 1.66. The summed E-state index contributed by atoms with van der Waals surface area (Å²) in [6.07, 6.45) is 2.09. The summed E-state index contributed by atoms with van der Waals surface area (Å²) in [4.78, 5) is 0. The van der Waals surface area contributed by atoms with Gasteiger partial charge in [0.2, 0.25) is 0 Å². The molecule has 1 aromatic carbocycles. The molecule has 0 saturated heterocycles. The second-order valence-electron chi connectivity index (χ2n) is 4.97. The van der Waals surface area contributed by atoms with Crippen molar-refractivity contribution in [2.75, 3.05) is 0 Å². The van der Waals surface area contributed by atoms with Crippen molar-refractivity contribution in [3.8, 4) is 5.75 Å². The van der Waals surface area contributed by atoms with Gasteiger partial charge in [-0.3, -0.25) is 0 Å². The molecule has 1 rings (SSSR count). The van der Waals surface area contributed by atoms with Crippen LogP contribution in [0.3, 0.4) is 0 Å². The van der Waals surface area contributed by atoms with E-state index in [4.69, 9.17) is 11.6 Å². The van der Waals surface area contributed by atoms with Gasteiger partial charge in [-0.05, 0) is 23.5 Å². The molecule has 0 aliphatic heterocycles. The van der Waals surface area contributed by atoms with Gasteiger partial charge in [-0.15, -0.1) is 0 Å². The molecule has 84 valence electrons. The van der Waals surface area contributed by atoms with Crippen LogP contribution in [0.4, 0.5) is 0 Å². The molecule has 0 amide bonds. The van der Waals surface area contributed by atoms with Gasteiger partial charge in [0.1, 0.15) is 5.75 Å². The second kappa shape index (κ2) is 4.44. The van der Waals surface area contributed by atoms with Crippen LogP contribution in [-0.4, -0.2) is 5.11 Å². The molecule has 0 unspecified atom stereocenters. The molecule has 0 saturated carbocycles. The predicted octanol–water partition coefficient (Wildman–Crippen LogP) is 4.30. The van der Waals surface area contributed by atoms with Gasteiger partial charge in [-0.1, -0.05) is 51.8 Å². The highest BCUT2D eigenvalue weighted by atomic mass is 35.5. The summed E-state index contributed by atoms with van der Waals surface area (Å²) in [5, 5.41) is 10.4. The lowest BCUT2D eigenvalue weighted by Crippen LogP contribution is -2.12. The summed E-state index contributed by atoms with van der Waals surface area (Å²) in [7, 11) is 0. The van der Waals surface area contributed by atoms with E-state index in [0.717, 1.165) is 18.4 Å². The number of phenols is 1. The number of hydrogen-bond acceptors (Lipinski definition) is 1. The molecule has 15 heavy (non-hydrogen) atoms. The number of rotatable bonds is 2. The number of hydrogen-bond donors (Lipinski definition) is 1. The Morgan fingerprint density at radius 3 is 2.33 bits per heavy atom. The topological polar surface area (TPSA) is 20.2 Å². The van der Waals surface area contributed by atoms with Crippen molar-refractivity contribution >= 4 is 11.6 Å². The first kappa shape index (κ1) is 12.4. The molecular weight excluding hydrogens is 208 g/mol. The highest BCUT2D eigenvalue weighted by Crippen LogP contribution is 2.37. The minimum absolute atomic E-state index is 0.0719. The molecule has 1 N–H and O–H groups in total. The first-order valence-corrected chi connectivity index (χ1v) is 5.76. The van der Waals surface area contributed by atoms with Crippen LogP contribution in [0, 0.1) is 0 Å². The normalized spacial score (nSPS) is 11.8. The fraction of sp³-hybridized carbons (Fsp3) is 0.538. The highest BCUT2D eigenvalue weighted by Gasteiger charge is 2.20. The number of aromatic hydroxyl groups is 1. The minimum atomic E-state index is -0.0719. The van der Waals surface area contributed by atoms with Gasteiger partial charge in [0.05, 0.1) is 5.02 Å². The van der Waals surface area contributed by atoms with Gasteiger partial charge in [-0.25, -0.2) is 0 Å². The van der Waals surface area contributed by atoms with Gasteiger partial charge >= 0.3 is 0 Å². The first-order valence-electron chi connectivity index (χ1n) is 5.38. The number of aryl methyl sites for hydroxylation is 1. The lowest BCUT2D eigenvalue weighted by Gasteiger charge is -2.22. The summed E-state index contributed by atoms with van der Waals surface area (Å²) in [5.41, 5.74) is 2.06. The van der Waals surface area contributed by atoms with E-state index in [2.05, 4.69) is 33.8 Å². The Kier molecular flexibility index (Phi) is 3.67. The highest BCUT2D eigenvalue weighted by molar-refractivity contribution is 6.32. The molecule has 1 nitrogen and oxygen atoms in total. The molecule has 0 atom stereocenters. The molecular formula is C13H19ClO. The average Bonchev–Trinajstić information content (AvgIpc) is 2.09. The third-order valence-corrected chi connectivity index (χ3v) is 2.76. The maximum Gasteiger partial charge on any atom is 0.137 e. The van der Waals surface area contributed by atoms with E-state index in [1.807, 2.05) is 6.07 Å². The Morgan fingerprint density at radius 2 is 1.87 bits per heavy atom. The molecule has 2 heteroatoms. The summed E-state index contributed by atoms with van der Waals surface area (Å²) >= 11 is 6.01. The molecule has 0 aliphatic carbocycles. The van der Waals surface area contributed by atoms with Crippen molar-refractivity contribution < 1.29 is 5.11 Å². The maximum atomic E-state index is 9.89. The van der Waals surface area contributed by atoms with Crippen molar-refractivity contribution in [3.05, 3.63) is 28.3 Å². The van der Waals surface area contributed by atoms with Crippen LogP contribution in [0.15, 0.2) is 12.1 Å². The van der Waals surface area contributed by atoms with Crippen molar-refractivity contribution in [2.24, 2.45) is 0 Å². The van der Waals surface area contributed by atoms with E-state index in [0.29, 0.717) is 5.02 Å². The van der Waals surface area contributed by atoms with Crippen molar-refractivity contribution in [3.63, 3.8) is 0 Å². The van der Waals surface area contributed by atoms with Gasteiger partial charge < -0.3 is 5.11 Å². The molecule has 1 aromatic rings. The Labute approximate surface area is 97.1 Å². The third-order valence-electron chi connectivity index (χ3n) is 2.47. The van der Waals surface area contributed by atoms with Crippen LogP contribution in [0.1, 0.15) is 45.2 Å². The Bertz CT molecular complexity index is 350. The zero-order chi connectivity index (χ0) is 11.6. The van der Waals surface area contributed by atoms with E-state index in [-0.39, 0.29) is 11.2 Å². The van der Waals surface area contributed by atoms with Crippen LogP contribution in [0.2, 0.25) is 5.02 Å². The van der Waals surface area contributed by atoms with Crippen molar-refractivity contribution in [2.45, 2.75) is 46.0 Å². The quantitative estimate of drug-likeness (QED) is 0.798. The third kappa shape index (κ3) is 2.88.